The van der Waals surface area contributed by atoms with Crippen LogP contribution in [0.4, 0.5) is 5.82 Å². The largest absolute Gasteiger partial charge is 0.356 e. The van der Waals surface area contributed by atoms with Crippen molar-refractivity contribution in [1.82, 2.24) is 14.8 Å². The van der Waals surface area contributed by atoms with Gasteiger partial charge in [0, 0.05) is 24.0 Å². The molecule has 0 aliphatic heterocycles. The van der Waals surface area contributed by atoms with Crippen molar-refractivity contribution in [3.8, 4) is 0 Å². The van der Waals surface area contributed by atoms with Gasteiger partial charge in [0.2, 0.25) is 0 Å². The zero-order valence-electron chi connectivity index (χ0n) is 12.6. The Morgan fingerprint density at radius 2 is 2.00 bits per heavy atom. The lowest BCUT2D eigenvalue weighted by Gasteiger charge is -2.02. The van der Waals surface area contributed by atoms with Crippen LogP contribution in [0.1, 0.15) is 33.3 Å². The Kier molecular flexibility index (Phi) is 4.05. The second-order valence-electron chi connectivity index (χ2n) is 5.20. The SMILES string of the molecule is CC(=O)c1c[nH]c(C(=O)Nc2ccn(Cc3ccccc3)n2)c1. The van der Waals surface area contributed by atoms with Gasteiger partial charge in [0.25, 0.3) is 5.91 Å². The summed E-state index contributed by atoms with van der Waals surface area (Å²) in [6.07, 6.45) is 3.32. The van der Waals surface area contributed by atoms with Gasteiger partial charge in [-0.2, -0.15) is 5.10 Å². The number of anilines is 1. The Balaban J connectivity index is 1.66. The van der Waals surface area contributed by atoms with Gasteiger partial charge in [0.1, 0.15) is 5.69 Å². The summed E-state index contributed by atoms with van der Waals surface area (Å²) in [5.74, 6) is 0.0415. The number of aromatic amines is 1. The van der Waals surface area contributed by atoms with Gasteiger partial charge >= 0.3 is 0 Å². The van der Waals surface area contributed by atoms with Crippen molar-refractivity contribution in [2.45, 2.75) is 13.5 Å². The summed E-state index contributed by atoms with van der Waals surface area (Å²) in [7, 11) is 0. The minimum Gasteiger partial charge on any atom is -0.356 e. The number of benzene rings is 1. The molecule has 2 aromatic heterocycles. The smallest absolute Gasteiger partial charge is 0.273 e. The van der Waals surface area contributed by atoms with Crippen LogP contribution in [0, 0.1) is 0 Å². The summed E-state index contributed by atoms with van der Waals surface area (Å²) >= 11 is 0. The minimum atomic E-state index is -0.331. The third-order valence-electron chi connectivity index (χ3n) is 3.40. The predicted molar refractivity (Wildman–Crippen MR) is 86.5 cm³/mol. The van der Waals surface area contributed by atoms with Crippen LogP contribution in [-0.2, 0) is 6.54 Å². The van der Waals surface area contributed by atoms with Gasteiger partial charge in [-0.05, 0) is 18.6 Å². The monoisotopic (exact) mass is 308 g/mol. The molecule has 0 spiro atoms. The van der Waals surface area contributed by atoms with Crippen molar-refractivity contribution < 1.29 is 9.59 Å². The van der Waals surface area contributed by atoms with Gasteiger partial charge < -0.3 is 10.3 Å². The van der Waals surface area contributed by atoms with Crippen LogP contribution in [-0.4, -0.2) is 26.5 Å². The van der Waals surface area contributed by atoms with Crippen LogP contribution in [0.15, 0.2) is 54.9 Å². The van der Waals surface area contributed by atoms with Gasteiger partial charge in [-0.15, -0.1) is 0 Å². The highest BCUT2D eigenvalue weighted by Gasteiger charge is 2.12. The van der Waals surface area contributed by atoms with Gasteiger partial charge in [0.05, 0.1) is 6.54 Å². The molecular weight excluding hydrogens is 292 g/mol. The number of nitrogens with zero attached hydrogens (tertiary/aromatic N) is 2. The molecule has 0 bridgehead atoms. The van der Waals surface area contributed by atoms with E-state index in [1.807, 2.05) is 30.3 Å². The summed E-state index contributed by atoms with van der Waals surface area (Å²) < 4.78 is 1.75. The second kappa shape index (κ2) is 6.31. The number of aromatic nitrogens is 3. The molecule has 0 saturated carbocycles. The van der Waals surface area contributed by atoms with Crippen LogP contribution >= 0.6 is 0 Å². The van der Waals surface area contributed by atoms with Crippen molar-refractivity contribution in [2.75, 3.05) is 5.32 Å². The summed E-state index contributed by atoms with van der Waals surface area (Å²) in [4.78, 5) is 26.2. The Morgan fingerprint density at radius 3 is 2.70 bits per heavy atom. The van der Waals surface area contributed by atoms with Gasteiger partial charge in [0.15, 0.2) is 11.6 Å². The fraction of sp³-hybridized carbons (Fsp3) is 0.118. The lowest BCUT2D eigenvalue weighted by molar-refractivity contribution is 0.101. The van der Waals surface area contributed by atoms with Crippen molar-refractivity contribution in [1.29, 1.82) is 0 Å². The molecule has 0 aliphatic rings. The highest BCUT2D eigenvalue weighted by atomic mass is 16.2. The number of nitrogens with one attached hydrogen (secondary N) is 2. The molecule has 0 atom stereocenters. The summed E-state index contributed by atoms with van der Waals surface area (Å²) in [5, 5.41) is 7.02. The van der Waals surface area contributed by atoms with Gasteiger partial charge in [-0.3, -0.25) is 14.3 Å². The number of ketones is 1. The first-order valence-electron chi connectivity index (χ1n) is 7.20. The molecule has 6 nitrogen and oxygen atoms in total. The average molecular weight is 308 g/mol. The predicted octanol–water partition coefficient (Wildman–Crippen LogP) is 2.71. The molecule has 3 rings (SSSR count). The highest BCUT2D eigenvalue weighted by molar-refractivity contribution is 6.04. The molecule has 6 heteroatoms. The van der Waals surface area contributed by atoms with E-state index in [1.54, 1.807) is 16.9 Å². The van der Waals surface area contributed by atoms with Crippen molar-refractivity contribution in [3.05, 3.63) is 71.7 Å². The first-order chi connectivity index (χ1) is 11.1. The number of hydrogen-bond donors (Lipinski definition) is 2. The zero-order valence-corrected chi connectivity index (χ0v) is 12.6. The number of rotatable bonds is 5. The fourth-order valence-corrected chi connectivity index (χ4v) is 2.20. The Labute approximate surface area is 133 Å². The maximum absolute atomic E-state index is 12.1. The van der Waals surface area contributed by atoms with E-state index in [9.17, 15) is 9.59 Å². The van der Waals surface area contributed by atoms with Gasteiger partial charge in [-0.1, -0.05) is 30.3 Å². The number of H-pyrrole nitrogens is 1. The van der Waals surface area contributed by atoms with Crippen molar-refractivity contribution >= 4 is 17.5 Å². The van der Waals surface area contributed by atoms with Gasteiger partial charge in [-0.25, -0.2) is 0 Å². The van der Waals surface area contributed by atoms with Crippen LogP contribution < -0.4 is 5.32 Å². The quantitative estimate of drug-likeness (QED) is 0.711. The first kappa shape index (κ1) is 14.8. The number of carbonyl (C=O) groups is 2. The molecular formula is C17H16N4O2. The molecule has 1 amide bonds. The van der Waals surface area contributed by atoms with E-state index in [2.05, 4.69) is 15.4 Å². The average Bonchev–Trinajstić information content (AvgIpc) is 3.18. The summed E-state index contributed by atoms with van der Waals surface area (Å²) in [5.41, 5.74) is 1.93. The molecule has 1 aromatic carbocycles. The standard InChI is InChI=1S/C17H16N4O2/c1-12(22)14-9-15(18-10-14)17(23)19-16-7-8-21(20-16)11-13-5-3-2-4-6-13/h2-10,18H,11H2,1H3,(H,19,20,23). The molecule has 0 unspecified atom stereocenters. The number of Topliss-reactive ketones (excluding diaryl/α,β-unsaturated/α-hetero) is 1. The lowest BCUT2D eigenvalue weighted by Crippen LogP contribution is -2.13. The lowest BCUT2D eigenvalue weighted by atomic mass is 10.2. The molecule has 2 N–H and O–H groups in total. The van der Waals surface area contributed by atoms with E-state index >= 15 is 0 Å². The fourth-order valence-electron chi connectivity index (χ4n) is 2.20. The molecule has 0 aliphatic carbocycles. The Bertz CT molecular complexity index is 833. The second-order valence-corrected chi connectivity index (χ2v) is 5.20. The molecule has 3 aromatic rings. The van der Waals surface area contributed by atoms with E-state index in [0.29, 0.717) is 23.6 Å². The number of hydrogen-bond acceptors (Lipinski definition) is 3. The number of carbonyl (C=O) groups excluding carboxylic acids is 2. The minimum absolute atomic E-state index is 0.0903. The maximum Gasteiger partial charge on any atom is 0.273 e. The van der Waals surface area contributed by atoms with Crippen LogP contribution in [0.25, 0.3) is 0 Å². The van der Waals surface area contributed by atoms with Crippen LogP contribution in [0.2, 0.25) is 0 Å². The third-order valence-corrected chi connectivity index (χ3v) is 3.40. The van der Waals surface area contributed by atoms with E-state index < -0.39 is 0 Å². The number of amides is 1. The van der Waals surface area contributed by atoms with E-state index in [-0.39, 0.29) is 11.7 Å². The highest BCUT2D eigenvalue weighted by Crippen LogP contribution is 2.10. The maximum atomic E-state index is 12.1. The van der Waals surface area contributed by atoms with Crippen molar-refractivity contribution in [2.24, 2.45) is 0 Å². The van der Waals surface area contributed by atoms with E-state index in [1.165, 1.54) is 19.2 Å². The molecule has 2 heterocycles. The summed E-state index contributed by atoms with van der Waals surface area (Å²) in [6.45, 7) is 2.09. The molecule has 0 saturated heterocycles. The third kappa shape index (κ3) is 3.55. The van der Waals surface area contributed by atoms with Crippen LogP contribution in [0.5, 0.6) is 0 Å². The van der Waals surface area contributed by atoms with E-state index in [4.69, 9.17) is 0 Å². The normalized spacial score (nSPS) is 10.5. The molecule has 0 fully saturated rings. The Morgan fingerprint density at radius 1 is 1.22 bits per heavy atom. The van der Waals surface area contributed by atoms with Crippen LogP contribution in [0.3, 0.4) is 0 Å². The first-order valence-corrected chi connectivity index (χ1v) is 7.20. The molecule has 116 valence electrons. The zero-order chi connectivity index (χ0) is 16.2. The molecule has 0 radical (unpaired) electrons. The van der Waals surface area contributed by atoms with E-state index in [0.717, 1.165) is 5.56 Å². The van der Waals surface area contributed by atoms with Crippen molar-refractivity contribution in [3.63, 3.8) is 0 Å². The molecule has 23 heavy (non-hydrogen) atoms. The Hall–Kier alpha value is -3.15. The summed E-state index contributed by atoms with van der Waals surface area (Å²) in [6, 6.07) is 13.2. The topological polar surface area (TPSA) is 79.8 Å².